The van der Waals surface area contributed by atoms with Crippen LogP contribution in [0.1, 0.15) is 108 Å². The Bertz CT molecular complexity index is 3660. The molecule has 8 aromatic rings. The second-order valence-electron chi connectivity index (χ2n) is 22.8. The zero-order chi connectivity index (χ0) is 56.3. The Morgan fingerprint density at radius 1 is 0.593 bits per heavy atom. The number of pyridine rings is 6. The summed E-state index contributed by atoms with van der Waals surface area (Å²) in [5, 5.41) is 3.95. The number of aromatic nitrogens is 6. The number of nitrogens with zero attached hydrogens (tertiary/aromatic N) is 10. The van der Waals surface area contributed by atoms with Gasteiger partial charge in [0.25, 0.3) is 0 Å². The van der Waals surface area contributed by atoms with Crippen LogP contribution in [0.15, 0.2) is 120 Å². The van der Waals surface area contributed by atoms with Gasteiger partial charge in [0, 0.05) is 159 Å². The Morgan fingerprint density at radius 2 is 1.07 bits per heavy atom. The Labute approximate surface area is 477 Å². The first kappa shape index (κ1) is 55.8. The van der Waals surface area contributed by atoms with E-state index < -0.39 is 11.6 Å². The van der Waals surface area contributed by atoms with Crippen molar-refractivity contribution in [3.8, 4) is 0 Å². The predicted octanol–water partition coefficient (Wildman–Crippen LogP) is 11.1. The summed E-state index contributed by atoms with van der Waals surface area (Å²) in [5.74, 6) is -0.981. The molecule has 0 spiro atoms. The molecule has 0 bridgehead atoms. The molecule has 2 atom stereocenters. The average molecular weight is 1120 g/mol. The molecule has 2 saturated heterocycles. The number of halogens is 3. The highest BCUT2D eigenvalue weighted by Crippen LogP contribution is 2.40. The van der Waals surface area contributed by atoms with Gasteiger partial charge in [0.1, 0.15) is 11.6 Å². The molecule has 0 amide bonds. The van der Waals surface area contributed by atoms with E-state index in [1.54, 1.807) is 12.1 Å². The molecule has 0 radical (unpaired) electrons. The van der Waals surface area contributed by atoms with Crippen LogP contribution in [0.25, 0.3) is 21.8 Å². The minimum absolute atomic E-state index is 0.0478. The summed E-state index contributed by atoms with van der Waals surface area (Å²) in [6.07, 6.45) is 20.0. The minimum Gasteiger partial charge on any atom is -0.381 e. The maximum atomic E-state index is 15.1. The van der Waals surface area contributed by atoms with Gasteiger partial charge in [-0.15, -0.1) is 0 Å². The number of nitrogens with two attached hydrogens (primary N) is 1. The van der Waals surface area contributed by atoms with E-state index >= 15 is 4.39 Å². The second-order valence-corrected chi connectivity index (χ2v) is 23.2. The van der Waals surface area contributed by atoms with E-state index in [0.29, 0.717) is 84.5 Å². The SMILES string of the molecule is Cc1ccc(N2CCC[C@H](N(Cc3ccnc(C)c3)Cc3cn(C4CC4)c4cc(Cl)c(F)cc4c3=O)C2)cn1.Cc1ccc(N2CCC[C@H](N(Cc3ccnc(C)c3)Cc3cn(C4CC4)c4cc(NCCN)c(F)cc4c3=O)C2)cn1. The molecule has 2 aliphatic carbocycles. The zero-order valence-electron chi connectivity index (χ0n) is 46.9. The van der Waals surface area contributed by atoms with Crippen LogP contribution in [0.2, 0.25) is 5.02 Å². The van der Waals surface area contributed by atoms with Crippen LogP contribution in [-0.4, -0.2) is 90.2 Å². The summed E-state index contributed by atoms with van der Waals surface area (Å²) < 4.78 is 34.0. The molecule has 422 valence electrons. The lowest BCUT2D eigenvalue weighted by atomic mass is 10.0. The predicted molar refractivity (Wildman–Crippen MR) is 320 cm³/mol. The van der Waals surface area contributed by atoms with Gasteiger partial charge < -0.3 is 30.0 Å². The molecule has 81 heavy (non-hydrogen) atoms. The van der Waals surface area contributed by atoms with Crippen LogP contribution in [0, 0.1) is 39.3 Å². The zero-order valence-corrected chi connectivity index (χ0v) is 47.7. The van der Waals surface area contributed by atoms with Crippen LogP contribution < -0.4 is 31.7 Å². The third-order valence-corrected chi connectivity index (χ3v) is 16.8. The van der Waals surface area contributed by atoms with Crippen molar-refractivity contribution in [2.24, 2.45) is 5.73 Å². The molecule has 14 nitrogen and oxygen atoms in total. The number of hydrogen-bond acceptors (Lipinski definition) is 12. The highest BCUT2D eigenvalue weighted by molar-refractivity contribution is 6.31. The van der Waals surface area contributed by atoms with Crippen molar-refractivity contribution in [3.05, 3.63) is 192 Å². The van der Waals surface area contributed by atoms with E-state index in [-0.39, 0.29) is 28.0 Å². The third kappa shape index (κ3) is 13.2. The molecule has 12 rings (SSSR count). The quantitative estimate of drug-likeness (QED) is 0.0895. The Hall–Kier alpha value is -7.11. The average Bonchev–Trinajstić information content (AvgIpc) is 4.57. The number of fused-ring (bicyclic) bond motifs is 2. The number of hydrogen-bond donors (Lipinski definition) is 2. The van der Waals surface area contributed by atoms with Crippen molar-refractivity contribution in [1.82, 2.24) is 38.9 Å². The summed E-state index contributed by atoms with van der Waals surface area (Å²) >= 11 is 6.13. The van der Waals surface area contributed by atoms with Gasteiger partial charge in [0.15, 0.2) is 10.9 Å². The standard InChI is InChI=1S/C33H40FN7O.C31H33ClFN5O/c1-22-5-6-27(17-38-22)39-13-3-4-28(21-39)40(18-24-9-11-36-23(2)14-24)19-25-20-41(26-7-8-26)32-16-31(37-12-10-35)30(34)15-29(32)33(25)42;1-20-5-6-25(15-35-20)36-11-3-4-26(19-36)37(16-22-9-10-34-21(2)12-22)17-23-18-38(24-7-8-24)30-14-28(32)29(33)13-27(30)31(23)39/h5-6,9,11,14-17,20,26,28,37H,3-4,7-8,10,12-13,18-19,21,35H2,1-2H3;5-6,9-10,12-15,18,24,26H,3-4,7-8,11,16-17,19H2,1-2H3/t28-;26-/m00/s1. The highest BCUT2D eigenvalue weighted by atomic mass is 35.5. The molecule has 8 heterocycles. The molecular weight excluding hydrogens is 1040 g/mol. The van der Waals surface area contributed by atoms with Gasteiger partial charge in [-0.05, 0) is 163 Å². The molecule has 4 aliphatic rings. The normalized spacial score (nSPS) is 17.5. The first-order valence-corrected chi connectivity index (χ1v) is 29.1. The van der Waals surface area contributed by atoms with E-state index in [1.165, 1.54) is 17.7 Å². The Kier molecular flexibility index (Phi) is 16.9. The second kappa shape index (κ2) is 24.5. The Morgan fingerprint density at radius 3 is 1.52 bits per heavy atom. The van der Waals surface area contributed by atoms with Crippen LogP contribution >= 0.6 is 11.6 Å². The van der Waals surface area contributed by atoms with Gasteiger partial charge in [-0.25, -0.2) is 8.78 Å². The lowest BCUT2D eigenvalue weighted by Crippen LogP contribution is -2.48. The summed E-state index contributed by atoms with van der Waals surface area (Å²) in [6.45, 7) is 14.9. The van der Waals surface area contributed by atoms with Crippen molar-refractivity contribution in [2.45, 2.75) is 129 Å². The van der Waals surface area contributed by atoms with Gasteiger partial charge in [0.2, 0.25) is 0 Å². The Balaban J connectivity index is 0.000000171. The van der Waals surface area contributed by atoms with E-state index in [9.17, 15) is 14.0 Å². The largest absolute Gasteiger partial charge is 0.381 e. The number of piperidine rings is 2. The summed E-state index contributed by atoms with van der Waals surface area (Å²) in [6, 6.07) is 23.9. The molecule has 17 heteroatoms. The first-order chi connectivity index (χ1) is 39.2. The maximum absolute atomic E-state index is 15.1. The van der Waals surface area contributed by atoms with Gasteiger partial charge in [-0.1, -0.05) is 11.6 Å². The van der Waals surface area contributed by atoms with Gasteiger partial charge in [-0.3, -0.25) is 39.3 Å². The third-order valence-electron chi connectivity index (χ3n) is 16.5. The van der Waals surface area contributed by atoms with Crippen molar-refractivity contribution in [3.63, 3.8) is 0 Å². The van der Waals surface area contributed by atoms with Crippen molar-refractivity contribution in [1.29, 1.82) is 0 Å². The topological polar surface area (TPSA) is 147 Å². The number of benzene rings is 2. The molecular formula is C64H73ClF2N12O2. The van der Waals surface area contributed by atoms with E-state index in [2.05, 4.69) is 96.5 Å². The molecule has 0 unspecified atom stereocenters. The lowest BCUT2D eigenvalue weighted by molar-refractivity contribution is 0.158. The van der Waals surface area contributed by atoms with Crippen LogP contribution in [0.5, 0.6) is 0 Å². The monoisotopic (exact) mass is 1110 g/mol. The summed E-state index contributed by atoms with van der Waals surface area (Å²) in [5.41, 5.74) is 17.2. The number of nitrogens with one attached hydrogen (secondary N) is 1. The number of aryl methyl sites for hydroxylation is 4. The van der Waals surface area contributed by atoms with Crippen molar-refractivity contribution < 1.29 is 8.78 Å². The van der Waals surface area contributed by atoms with E-state index in [1.807, 2.05) is 70.9 Å². The van der Waals surface area contributed by atoms with Gasteiger partial charge in [-0.2, -0.15) is 0 Å². The van der Waals surface area contributed by atoms with E-state index in [0.717, 1.165) is 123 Å². The van der Waals surface area contributed by atoms with Crippen LogP contribution in [0.4, 0.5) is 25.8 Å². The van der Waals surface area contributed by atoms with Crippen molar-refractivity contribution >= 4 is 50.5 Å². The number of anilines is 3. The van der Waals surface area contributed by atoms with Crippen LogP contribution in [-0.2, 0) is 26.2 Å². The lowest BCUT2D eigenvalue weighted by Gasteiger charge is -2.40. The highest BCUT2D eigenvalue weighted by Gasteiger charge is 2.32. The van der Waals surface area contributed by atoms with Crippen molar-refractivity contribution in [2.75, 3.05) is 54.4 Å². The molecule has 6 aromatic heterocycles. The summed E-state index contributed by atoms with van der Waals surface area (Å²) in [7, 11) is 0. The van der Waals surface area contributed by atoms with Crippen LogP contribution in [0.3, 0.4) is 0 Å². The fourth-order valence-electron chi connectivity index (χ4n) is 11.9. The van der Waals surface area contributed by atoms with Gasteiger partial charge in [0.05, 0.1) is 45.5 Å². The molecule has 2 saturated carbocycles. The van der Waals surface area contributed by atoms with Gasteiger partial charge >= 0.3 is 0 Å². The fraction of sp³-hybridized carbons (Fsp3) is 0.406. The molecule has 2 aromatic carbocycles. The van der Waals surface area contributed by atoms with E-state index in [4.69, 9.17) is 17.3 Å². The number of rotatable bonds is 17. The maximum Gasteiger partial charge on any atom is 0.193 e. The summed E-state index contributed by atoms with van der Waals surface area (Å²) in [4.78, 5) is 55.1. The smallest absolute Gasteiger partial charge is 0.193 e. The fourth-order valence-corrected chi connectivity index (χ4v) is 12.1. The molecule has 2 aliphatic heterocycles. The first-order valence-electron chi connectivity index (χ1n) is 28.8. The molecule has 3 N–H and O–H groups in total. The molecule has 4 fully saturated rings. The minimum atomic E-state index is -0.556.